The molecule has 4 heteroatoms. The summed E-state index contributed by atoms with van der Waals surface area (Å²) in [4.78, 5) is 14.0. The predicted molar refractivity (Wildman–Crippen MR) is 103 cm³/mol. The number of morpholine rings is 1. The Bertz CT molecular complexity index is 774. The van der Waals surface area contributed by atoms with Gasteiger partial charge < -0.3 is 14.4 Å². The van der Waals surface area contributed by atoms with Gasteiger partial charge in [0.2, 0.25) is 0 Å². The van der Waals surface area contributed by atoms with Gasteiger partial charge in [-0.3, -0.25) is 4.79 Å². The lowest BCUT2D eigenvalue weighted by atomic mass is 10.0. The van der Waals surface area contributed by atoms with E-state index in [1.807, 2.05) is 55.5 Å². The van der Waals surface area contributed by atoms with Crippen LogP contribution in [-0.4, -0.2) is 39.2 Å². The third-order valence-corrected chi connectivity index (χ3v) is 4.71. The number of quaternary nitrogens is 1. The fourth-order valence-electron chi connectivity index (χ4n) is 3.12. The molecule has 0 aromatic heterocycles. The third kappa shape index (κ3) is 4.81. The second-order valence-electron chi connectivity index (χ2n) is 6.67. The minimum Gasteiger partial charge on any atom is -0.496 e. The summed E-state index contributed by atoms with van der Waals surface area (Å²) in [6.07, 6.45) is 3.50. The van der Waals surface area contributed by atoms with Crippen LogP contribution in [0.1, 0.15) is 27.0 Å². The standard InChI is InChI=1S/C22H25NO3/c1-17-3-5-18(6-4-17)7-9-21(24)19-8-10-22(25-2)20(15-19)16-23-11-13-26-14-12-23/h3-10,15H,11-14,16H2,1-2H3/p+1/b9-7+. The number of hydrogen-bond acceptors (Lipinski definition) is 3. The quantitative estimate of drug-likeness (QED) is 0.641. The van der Waals surface area contributed by atoms with Crippen molar-refractivity contribution in [2.75, 3.05) is 33.4 Å². The van der Waals surface area contributed by atoms with Crippen molar-refractivity contribution in [1.29, 1.82) is 0 Å². The molecule has 3 rings (SSSR count). The number of hydrogen-bond donors (Lipinski definition) is 1. The molecule has 1 aliphatic rings. The summed E-state index contributed by atoms with van der Waals surface area (Å²) in [6.45, 7) is 6.43. The number of allylic oxidation sites excluding steroid dienone is 1. The van der Waals surface area contributed by atoms with E-state index in [0.29, 0.717) is 5.56 Å². The Morgan fingerprint density at radius 3 is 2.58 bits per heavy atom. The normalized spacial score (nSPS) is 15.3. The smallest absolute Gasteiger partial charge is 0.185 e. The van der Waals surface area contributed by atoms with Gasteiger partial charge in [0.25, 0.3) is 0 Å². The molecule has 4 nitrogen and oxygen atoms in total. The van der Waals surface area contributed by atoms with Gasteiger partial charge in [-0.05, 0) is 36.8 Å². The minimum atomic E-state index is 0.00598. The Hall–Kier alpha value is -2.43. The minimum absolute atomic E-state index is 0.00598. The first kappa shape index (κ1) is 18.4. The van der Waals surface area contributed by atoms with Crippen LogP contribution in [0, 0.1) is 6.92 Å². The number of ether oxygens (including phenoxy) is 2. The van der Waals surface area contributed by atoms with Crippen molar-refractivity contribution in [2.45, 2.75) is 13.5 Å². The van der Waals surface area contributed by atoms with Crippen molar-refractivity contribution in [3.8, 4) is 5.75 Å². The van der Waals surface area contributed by atoms with Gasteiger partial charge in [-0.1, -0.05) is 35.9 Å². The Balaban J connectivity index is 1.75. The van der Waals surface area contributed by atoms with Crippen LogP contribution in [0.25, 0.3) is 6.08 Å². The van der Waals surface area contributed by atoms with Crippen LogP contribution in [0.15, 0.2) is 48.5 Å². The second-order valence-corrected chi connectivity index (χ2v) is 6.67. The van der Waals surface area contributed by atoms with Crippen LogP contribution in [0.2, 0.25) is 0 Å². The molecule has 1 fully saturated rings. The van der Waals surface area contributed by atoms with Crippen molar-refractivity contribution < 1.29 is 19.2 Å². The summed E-state index contributed by atoms with van der Waals surface area (Å²) >= 11 is 0. The van der Waals surface area contributed by atoms with E-state index in [9.17, 15) is 4.79 Å². The molecule has 1 heterocycles. The fourth-order valence-corrected chi connectivity index (χ4v) is 3.12. The molecule has 0 atom stereocenters. The van der Waals surface area contributed by atoms with E-state index >= 15 is 0 Å². The molecule has 0 unspecified atom stereocenters. The Morgan fingerprint density at radius 2 is 1.88 bits per heavy atom. The van der Waals surface area contributed by atoms with Crippen LogP contribution in [0.5, 0.6) is 5.75 Å². The molecule has 0 bridgehead atoms. The first-order chi connectivity index (χ1) is 12.7. The van der Waals surface area contributed by atoms with Gasteiger partial charge in [0, 0.05) is 11.1 Å². The average molecular weight is 352 g/mol. The maximum Gasteiger partial charge on any atom is 0.185 e. The van der Waals surface area contributed by atoms with Crippen molar-refractivity contribution in [1.82, 2.24) is 0 Å². The SMILES string of the molecule is COc1ccc(C(=O)/C=C/c2ccc(C)cc2)cc1C[NH+]1CCOCC1. The molecule has 0 amide bonds. The number of nitrogens with one attached hydrogen (secondary N) is 1. The van der Waals surface area contributed by atoms with Gasteiger partial charge in [-0.15, -0.1) is 0 Å². The molecular formula is C22H26NO3+. The Morgan fingerprint density at radius 1 is 1.15 bits per heavy atom. The number of ketones is 1. The average Bonchev–Trinajstić information content (AvgIpc) is 2.68. The molecular weight excluding hydrogens is 326 g/mol. The van der Waals surface area contributed by atoms with Crippen LogP contribution in [0.4, 0.5) is 0 Å². The monoisotopic (exact) mass is 352 g/mol. The summed E-state index contributed by atoms with van der Waals surface area (Å²) in [6, 6.07) is 13.8. The molecule has 0 radical (unpaired) electrons. The van der Waals surface area contributed by atoms with Gasteiger partial charge in [0.1, 0.15) is 25.4 Å². The van der Waals surface area contributed by atoms with Gasteiger partial charge in [-0.2, -0.15) is 0 Å². The summed E-state index contributed by atoms with van der Waals surface area (Å²) in [7, 11) is 1.67. The molecule has 2 aromatic rings. The van der Waals surface area contributed by atoms with Crippen molar-refractivity contribution in [3.05, 3.63) is 70.8 Å². The molecule has 0 saturated carbocycles. The van der Waals surface area contributed by atoms with E-state index in [2.05, 4.69) is 0 Å². The van der Waals surface area contributed by atoms with Gasteiger partial charge >= 0.3 is 0 Å². The fraction of sp³-hybridized carbons (Fsp3) is 0.318. The molecule has 26 heavy (non-hydrogen) atoms. The van der Waals surface area contributed by atoms with E-state index in [1.54, 1.807) is 13.2 Å². The number of carbonyl (C=O) groups is 1. The largest absolute Gasteiger partial charge is 0.496 e. The number of rotatable bonds is 6. The number of aryl methyl sites for hydroxylation is 1. The topological polar surface area (TPSA) is 40.0 Å². The predicted octanol–water partition coefficient (Wildman–Crippen LogP) is 2.31. The molecule has 1 aliphatic heterocycles. The van der Waals surface area contributed by atoms with Crippen LogP contribution in [-0.2, 0) is 11.3 Å². The van der Waals surface area contributed by atoms with E-state index in [-0.39, 0.29) is 5.78 Å². The molecule has 1 saturated heterocycles. The summed E-state index contributed by atoms with van der Waals surface area (Å²) in [5.41, 5.74) is 3.99. The van der Waals surface area contributed by atoms with Crippen molar-refractivity contribution in [2.24, 2.45) is 0 Å². The first-order valence-corrected chi connectivity index (χ1v) is 9.03. The third-order valence-electron chi connectivity index (χ3n) is 4.71. The van der Waals surface area contributed by atoms with E-state index < -0.39 is 0 Å². The number of carbonyl (C=O) groups excluding carboxylic acids is 1. The lowest BCUT2D eigenvalue weighted by Gasteiger charge is -2.24. The lowest BCUT2D eigenvalue weighted by molar-refractivity contribution is -0.921. The molecule has 0 spiro atoms. The van der Waals surface area contributed by atoms with Gasteiger partial charge in [0.15, 0.2) is 5.78 Å². The van der Waals surface area contributed by atoms with E-state index in [1.165, 1.54) is 10.5 Å². The number of benzene rings is 2. The molecule has 0 aliphatic carbocycles. The molecule has 1 N–H and O–H groups in total. The number of methoxy groups -OCH3 is 1. The zero-order valence-corrected chi connectivity index (χ0v) is 15.5. The highest BCUT2D eigenvalue weighted by Gasteiger charge is 2.17. The van der Waals surface area contributed by atoms with Crippen molar-refractivity contribution >= 4 is 11.9 Å². The lowest BCUT2D eigenvalue weighted by Crippen LogP contribution is -3.12. The van der Waals surface area contributed by atoms with Gasteiger partial charge in [0.05, 0.1) is 20.3 Å². The Kier molecular flexibility index (Phi) is 6.21. The van der Waals surface area contributed by atoms with Crippen LogP contribution < -0.4 is 9.64 Å². The first-order valence-electron chi connectivity index (χ1n) is 9.03. The molecule has 2 aromatic carbocycles. The highest BCUT2D eigenvalue weighted by Crippen LogP contribution is 2.20. The summed E-state index contributed by atoms with van der Waals surface area (Å²) in [5.74, 6) is 0.842. The zero-order valence-electron chi connectivity index (χ0n) is 15.5. The highest BCUT2D eigenvalue weighted by molar-refractivity contribution is 6.07. The molecule has 136 valence electrons. The Labute approximate surface area is 155 Å². The van der Waals surface area contributed by atoms with Crippen LogP contribution >= 0.6 is 0 Å². The van der Waals surface area contributed by atoms with E-state index in [4.69, 9.17) is 9.47 Å². The zero-order chi connectivity index (χ0) is 18.4. The highest BCUT2D eigenvalue weighted by atomic mass is 16.5. The summed E-state index contributed by atoms with van der Waals surface area (Å²) < 4.78 is 10.9. The maximum absolute atomic E-state index is 12.6. The maximum atomic E-state index is 12.6. The van der Waals surface area contributed by atoms with E-state index in [0.717, 1.165) is 49.7 Å². The summed E-state index contributed by atoms with van der Waals surface area (Å²) in [5, 5.41) is 0. The van der Waals surface area contributed by atoms with Gasteiger partial charge in [-0.25, -0.2) is 0 Å². The van der Waals surface area contributed by atoms with Crippen molar-refractivity contribution in [3.63, 3.8) is 0 Å². The second kappa shape index (κ2) is 8.79. The van der Waals surface area contributed by atoms with Crippen LogP contribution in [0.3, 0.4) is 0 Å².